The maximum absolute atomic E-state index is 12.2. The van der Waals surface area contributed by atoms with E-state index in [4.69, 9.17) is 0 Å². The molecule has 0 N–H and O–H groups in total. The van der Waals surface area contributed by atoms with E-state index in [9.17, 15) is 13.2 Å². The highest BCUT2D eigenvalue weighted by Crippen LogP contribution is 2.17. The topological polar surface area (TPSA) is 101 Å². The molecule has 10 heteroatoms. The molecule has 1 aromatic rings. The summed E-state index contributed by atoms with van der Waals surface area (Å²) in [6.45, 7) is 6.41. The van der Waals surface area contributed by atoms with Crippen LogP contribution in [0.5, 0.6) is 0 Å². The van der Waals surface area contributed by atoms with E-state index in [1.165, 1.54) is 12.8 Å². The number of hydrogen-bond acceptors (Lipinski definition) is 7. The van der Waals surface area contributed by atoms with Crippen molar-refractivity contribution in [2.45, 2.75) is 45.7 Å². The van der Waals surface area contributed by atoms with Crippen LogP contribution >= 0.6 is 0 Å². The van der Waals surface area contributed by atoms with Crippen molar-refractivity contribution in [3.8, 4) is 0 Å². The molecule has 146 valence electrons. The second-order valence-electron chi connectivity index (χ2n) is 7.41. The lowest BCUT2D eigenvalue weighted by Crippen LogP contribution is -2.43. The van der Waals surface area contributed by atoms with Crippen LogP contribution in [0.4, 0.5) is 0 Å². The molecule has 0 atom stereocenters. The number of piperidine rings is 1. The Kier molecular flexibility index (Phi) is 6.23. The maximum Gasteiger partial charge on any atom is 0.222 e. The number of aryl methyl sites for hydroxylation is 1. The summed E-state index contributed by atoms with van der Waals surface area (Å²) in [5, 5.41) is 12.0. The number of rotatable bonds is 6. The van der Waals surface area contributed by atoms with Gasteiger partial charge in [-0.15, -0.1) is 5.10 Å². The number of sulfone groups is 1. The van der Waals surface area contributed by atoms with Gasteiger partial charge in [0.1, 0.15) is 0 Å². The summed E-state index contributed by atoms with van der Waals surface area (Å²) >= 11 is 0. The van der Waals surface area contributed by atoms with Crippen LogP contribution < -0.4 is 0 Å². The van der Waals surface area contributed by atoms with Gasteiger partial charge in [-0.3, -0.25) is 9.69 Å². The Morgan fingerprint density at radius 1 is 1.15 bits per heavy atom. The quantitative estimate of drug-likeness (QED) is 0.677. The van der Waals surface area contributed by atoms with Crippen molar-refractivity contribution in [3.05, 3.63) is 5.82 Å². The molecule has 2 saturated heterocycles. The molecule has 0 saturated carbocycles. The Bertz CT molecular complexity index is 697. The first-order valence-electron chi connectivity index (χ1n) is 9.38. The summed E-state index contributed by atoms with van der Waals surface area (Å²) in [4.78, 5) is 16.3. The molecule has 9 nitrogen and oxygen atoms in total. The third-order valence-electron chi connectivity index (χ3n) is 5.31. The smallest absolute Gasteiger partial charge is 0.222 e. The largest absolute Gasteiger partial charge is 0.341 e. The van der Waals surface area contributed by atoms with Crippen molar-refractivity contribution >= 4 is 15.7 Å². The van der Waals surface area contributed by atoms with Crippen LogP contribution in [-0.4, -0.2) is 82.0 Å². The number of aromatic nitrogens is 4. The minimum absolute atomic E-state index is 0.0135. The van der Waals surface area contributed by atoms with Gasteiger partial charge in [-0.1, -0.05) is 6.92 Å². The van der Waals surface area contributed by atoms with Gasteiger partial charge >= 0.3 is 0 Å². The van der Waals surface area contributed by atoms with Gasteiger partial charge in [-0.05, 0) is 48.7 Å². The van der Waals surface area contributed by atoms with E-state index < -0.39 is 9.84 Å². The van der Waals surface area contributed by atoms with Crippen LogP contribution in [0.25, 0.3) is 0 Å². The third-order valence-corrected chi connectivity index (χ3v) is 6.91. The lowest BCUT2D eigenvalue weighted by molar-refractivity contribution is -0.131. The molecule has 0 spiro atoms. The normalized spacial score (nSPS) is 21.8. The average molecular weight is 385 g/mol. The Balaban J connectivity index is 1.43. The highest BCUT2D eigenvalue weighted by molar-refractivity contribution is 7.91. The van der Waals surface area contributed by atoms with Crippen LogP contribution in [-0.2, 0) is 27.7 Å². The Labute approximate surface area is 154 Å². The number of tetrazole rings is 1. The van der Waals surface area contributed by atoms with Crippen molar-refractivity contribution in [3.63, 3.8) is 0 Å². The lowest BCUT2D eigenvalue weighted by atomic mass is 9.99. The number of hydrogen-bond donors (Lipinski definition) is 0. The molecule has 0 radical (unpaired) electrons. The fourth-order valence-electron chi connectivity index (χ4n) is 3.43. The predicted octanol–water partition coefficient (Wildman–Crippen LogP) is -0.0578. The fourth-order valence-corrected chi connectivity index (χ4v) is 4.63. The molecule has 0 bridgehead atoms. The summed E-state index contributed by atoms with van der Waals surface area (Å²) in [6, 6.07) is 0. The maximum atomic E-state index is 12.2. The van der Waals surface area contributed by atoms with Crippen molar-refractivity contribution in [2.24, 2.45) is 5.92 Å². The van der Waals surface area contributed by atoms with Crippen LogP contribution in [0.15, 0.2) is 0 Å². The Morgan fingerprint density at radius 2 is 1.85 bits per heavy atom. The minimum Gasteiger partial charge on any atom is -0.341 e. The molecule has 2 fully saturated rings. The predicted molar refractivity (Wildman–Crippen MR) is 96.0 cm³/mol. The third kappa shape index (κ3) is 5.23. The van der Waals surface area contributed by atoms with Gasteiger partial charge in [-0.2, -0.15) is 0 Å². The van der Waals surface area contributed by atoms with E-state index in [0.717, 1.165) is 31.4 Å². The number of nitrogens with zero attached hydrogens (tertiary/aromatic N) is 6. The van der Waals surface area contributed by atoms with Crippen LogP contribution in [0.3, 0.4) is 0 Å². The molecule has 3 rings (SSSR count). The van der Waals surface area contributed by atoms with E-state index in [2.05, 4.69) is 27.3 Å². The van der Waals surface area contributed by atoms with Crippen molar-refractivity contribution in [1.29, 1.82) is 0 Å². The van der Waals surface area contributed by atoms with E-state index in [1.54, 1.807) is 9.58 Å². The number of carbonyl (C=O) groups excluding carboxylic acids is 1. The number of likely N-dealkylation sites (tertiary alicyclic amines) is 1. The molecule has 2 aliphatic heterocycles. The molecule has 0 unspecified atom stereocenters. The van der Waals surface area contributed by atoms with Gasteiger partial charge in [0.15, 0.2) is 15.7 Å². The van der Waals surface area contributed by atoms with E-state index in [1.807, 2.05) is 0 Å². The standard InChI is InChI=1S/C16H28N6O3S/c1-14-4-7-20(8-5-14)13-15-17-18-19-22(15)6-2-3-16(23)21-9-11-26(24,25)12-10-21/h14H,2-13H2,1H3. The van der Waals surface area contributed by atoms with Gasteiger partial charge in [-0.25, -0.2) is 13.1 Å². The molecule has 2 aliphatic rings. The van der Waals surface area contributed by atoms with Gasteiger partial charge in [0.05, 0.1) is 18.1 Å². The van der Waals surface area contributed by atoms with E-state index in [0.29, 0.717) is 32.5 Å². The molecule has 3 heterocycles. The zero-order valence-corrected chi connectivity index (χ0v) is 16.2. The number of amides is 1. The average Bonchev–Trinajstić information content (AvgIpc) is 3.04. The van der Waals surface area contributed by atoms with Crippen LogP contribution in [0.1, 0.15) is 38.4 Å². The minimum atomic E-state index is -2.96. The first kappa shape index (κ1) is 19.2. The first-order valence-corrected chi connectivity index (χ1v) is 11.2. The fraction of sp³-hybridized carbons (Fsp3) is 0.875. The zero-order valence-electron chi connectivity index (χ0n) is 15.4. The molecule has 1 aromatic heterocycles. The number of carbonyl (C=O) groups is 1. The van der Waals surface area contributed by atoms with Gasteiger partial charge in [0.25, 0.3) is 0 Å². The lowest BCUT2D eigenvalue weighted by Gasteiger charge is -2.29. The summed E-state index contributed by atoms with van der Waals surface area (Å²) in [7, 11) is -2.96. The van der Waals surface area contributed by atoms with Crippen LogP contribution in [0, 0.1) is 5.92 Å². The second kappa shape index (κ2) is 8.43. The highest BCUT2D eigenvalue weighted by atomic mass is 32.2. The van der Waals surface area contributed by atoms with E-state index >= 15 is 0 Å². The molecule has 1 amide bonds. The molecular formula is C16H28N6O3S. The monoisotopic (exact) mass is 384 g/mol. The summed E-state index contributed by atoms with van der Waals surface area (Å²) in [5.41, 5.74) is 0. The van der Waals surface area contributed by atoms with Gasteiger partial charge in [0, 0.05) is 26.1 Å². The molecule has 0 aliphatic carbocycles. The van der Waals surface area contributed by atoms with E-state index in [-0.39, 0.29) is 17.4 Å². The molecule has 26 heavy (non-hydrogen) atoms. The Morgan fingerprint density at radius 3 is 2.54 bits per heavy atom. The van der Waals surface area contributed by atoms with Crippen LogP contribution in [0.2, 0.25) is 0 Å². The second-order valence-corrected chi connectivity index (χ2v) is 9.72. The Hall–Kier alpha value is -1.55. The first-order chi connectivity index (χ1) is 12.4. The highest BCUT2D eigenvalue weighted by Gasteiger charge is 2.24. The SMILES string of the molecule is CC1CCN(Cc2nnnn2CCCC(=O)N2CCS(=O)(=O)CC2)CC1. The summed E-state index contributed by atoms with van der Waals surface area (Å²) in [6.07, 6.45) is 3.46. The van der Waals surface area contributed by atoms with Crippen molar-refractivity contribution in [1.82, 2.24) is 30.0 Å². The molecule has 0 aromatic carbocycles. The van der Waals surface area contributed by atoms with Gasteiger partial charge < -0.3 is 4.90 Å². The summed E-state index contributed by atoms with van der Waals surface area (Å²) in [5.74, 6) is 1.79. The van der Waals surface area contributed by atoms with Crippen molar-refractivity contribution < 1.29 is 13.2 Å². The van der Waals surface area contributed by atoms with Gasteiger partial charge in [0.2, 0.25) is 5.91 Å². The van der Waals surface area contributed by atoms with Crippen molar-refractivity contribution in [2.75, 3.05) is 37.7 Å². The zero-order chi connectivity index (χ0) is 18.6. The molecular weight excluding hydrogens is 356 g/mol. The summed E-state index contributed by atoms with van der Waals surface area (Å²) < 4.78 is 24.7.